The number of aliphatic carboxylic acids is 1. The van der Waals surface area contributed by atoms with Crippen LogP contribution in [0.4, 0.5) is 0 Å². The van der Waals surface area contributed by atoms with Crippen molar-refractivity contribution in [3.8, 4) is 0 Å². The van der Waals surface area contributed by atoms with Crippen LogP contribution in [0.25, 0.3) is 16.5 Å². The molecule has 1 N–H and O–H groups in total. The Morgan fingerprint density at radius 2 is 2.11 bits per heavy atom. The zero-order chi connectivity index (χ0) is 14.2. The van der Waals surface area contributed by atoms with Crippen molar-refractivity contribution in [1.29, 1.82) is 0 Å². The summed E-state index contributed by atoms with van der Waals surface area (Å²) in [6, 6.07) is 5.69. The molecule has 3 nitrogen and oxygen atoms in total. The largest absolute Gasteiger partial charge is 0.478 e. The number of aromatic nitrogens is 1. The van der Waals surface area contributed by atoms with Gasteiger partial charge in [-0.15, -0.1) is 0 Å². The average molecular weight is 278 g/mol. The van der Waals surface area contributed by atoms with Crippen molar-refractivity contribution in [2.75, 3.05) is 0 Å². The van der Waals surface area contributed by atoms with Gasteiger partial charge < -0.3 is 9.67 Å². The second-order valence-corrected chi connectivity index (χ2v) is 5.29. The van der Waals surface area contributed by atoms with Crippen LogP contribution in [0.15, 0.2) is 30.5 Å². The van der Waals surface area contributed by atoms with Gasteiger partial charge in [-0.2, -0.15) is 0 Å². The first kappa shape index (κ1) is 13.7. The maximum atomic E-state index is 11.0. The molecular weight excluding hydrogens is 262 g/mol. The Morgan fingerprint density at radius 1 is 1.42 bits per heavy atom. The number of carbonyl (C=O) groups is 1. The van der Waals surface area contributed by atoms with Gasteiger partial charge in [-0.25, -0.2) is 4.79 Å². The van der Waals surface area contributed by atoms with Gasteiger partial charge in [-0.1, -0.05) is 37.6 Å². The normalized spacial score (nSPS) is 12.4. The van der Waals surface area contributed by atoms with Crippen molar-refractivity contribution < 1.29 is 9.90 Å². The molecule has 0 fully saturated rings. The second-order valence-electron chi connectivity index (χ2n) is 4.88. The molecule has 0 radical (unpaired) electrons. The number of para-hydroxylation sites is 1. The third-order valence-corrected chi connectivity index (χ3v) is 3.47. The highest BCUT2D eigenvalue weighted by atomic mass is 35.5. The van der Waals surface area contributed by atoms with Gasteiger partial charge in [0.1, 0.15) is 0 Å². The number of benzene rings is 1. The molecule has 1 aromatic heterocycles. The van der Waals surface area contributed by atoms with E-state index in [0.717, 1.165) is 22.0 Å². The van der Waals surface area contributed by atoms with Crippen molar-refractivity contribution in [2.24, 2.45) is 13.0 Å². The Morgan fingerprint density at radius 3 is 2.68 bits per heavy atom. The highest BCUT2D eigenvalue weighted by Gasteiger charge is 2.16. The van der Waals surface area contributed by atoms with Gasteiger partial charge in [0.05, 0.1) is 10.5 Å². The van der Waals surface area contributed by atoms with Gasteiger partial charge in [0, 0.05) is 30.3 Å². The second kappa shape index (κ2) is 5.10. The van der Waals surface area contributed by atoms with E-state index in [2.05, 4.69) is 0 Å². The zero-order valence-corrected chi connectivity index (χ0v) is 11.9. The minimum atomic E-state index is -0.928. The lowest BCUT2D eigenvalue weighted by molar-refractivity contribution is -0.131. The molecule has 0 saturated heterocycles. The minimum absolute atomic E-state index is 0.126. The number of aryl methyl sites for hydroxylation is 1. The molecule has 1 aromatic carbocycles. The molecule has 0 unspecified atom stereocenters. The molecule has 2 rings (SSSR count). The first-order chi connectivity index (χ1) is 8.91. The maximum absolute atomic E-state index is 11.0. The van der Waals surface area contributed by atoms with Crippen molar-refractivity contribution in [3.63, 3.8) is 0 Å². The number of fused-ring (bicyclic) bond motifs is 1. The quantitative estimate of drug-likeness (QED) is 0.863. The monoisotopic (exact) mass is 277 g/mol. The van der Waals surface area contributed by atoms with Crippen LogP contribution in [0, 0.1) is 5.92 Å². The fraction of sp³-hybridized carbons (Fsp3) is 0.267. The molecule has 0 bridgehead atoms. The van der Waals surface area contributed by atoms with Gasteiger partial charge in [0.2, 0.25) is 0 Å². The fourth-order valence-corrected chi connectivity index (χ4v) is 2.65. The van der Waals surface area contributed by atoms with E-state index in [9.17, 15) is 4.79 Å². The lowest BCUT2D eigenvalue weighted by atomic mass is 9.94. The summed E-state index contributed by atoms with van der Waals surface area (Å²) in [5.41, 5.74) is 2.66. The van der Waals surface area contributed by atoms with E-state index in [-0.39, 0.29) is 5.92 Å². The van der Waals surface area contributed by atoms with Gasteiger partial charge in [0.15, 0.2) is 0 Å². The van der Waals surface area contributed by atoms with Crippen LogP contribution in [0.5, 0.6) is 0 Å². The summed E-state index contributed by atoms with van der Waals surface area (Å²) in [6.45, 7) is 3.97. The number of nitrogens with zero attached hydrogens (tertiary/aromatic N) is 1. The molecule has 0 atom stereocenters. The predicted molar refractivity (Wildman–Crippen MR) is 78.4 cm³/mol. The average Bonchev–Trinajstić information content (AvgIpc) is 2.64. The van der Waals surface area contributed by atoms with Crippen LogP contribution in [-0.2, 0) is 11.8 Å². The Balaban J connectivity index is 2.75. The topological polar surface area (TPSA) is 42.2 Å². The van der Waals surface area contributed by atoms with E-state index in [1.54, 1.807) is 0 Å². The Labute approximate surface area is 117 Å². The molecular formula is C15H16ClNO2. The summed E-state index contributed by atoms with van der Waals surface area (Å²) in [6.07, 6.45) is 3.21. The molecule has 100 valence electrons. The third-order valence-electron chi connectivity index (χ3n) is 3.16. The van der Waals surface area contributed by atoms with E-state index < -0.39 is 5.97 Å². The standard InChI is InChI=1S/C15H16ClNO2/c1-9(2)11(7-14(18)19)12-8-17(3)15-10(12)5-4-6-13(15)16/h4-9H,1-3H3,(H,18,19)/b11-7+. The molecule has 0 saturated carbocycles. The summed E-state index contributed by atoms with van der Waals surface area (Å²) >= 11 is 6.21. The molecule has 2 aromatic rings. The van der Waals surface area contributed by atoms with Crippen molar-refractivity contribution >= 4 is 34.0 Å². The number of hydrogen-bond donors (Lipinski definition) is 1. The highest BCUT2D eigenvalue weighted by molar-refractivity contribution is 6.35. The number of rotatable bonds is 3. The van der Waals surface area contributed by atoms with Crippen molar-refractivity contribution in [1.82, 2.24) is 4.57 Å². The molecule has 0 spiro atoms. The van der Waals surface area contributed by atoms with E-state index in [4.69, 9.17) is 16.7 Å². The number of hydrogen-bond acceptors (Lipinski definition) is 1. The van der Waals surface area contributed by atoms with Crippen LogP contribution in [0.1, 0.15) is 19.4 Å². The maximum Gasteiger partial charge on any atom is 0.328 e. The Hall–Kier alpha value is -1.74. The van der Waals surface area contributed by atoms with Gasteiger partial charge in [-0.05, 0) is 17.6 Å². The first-order valence-corrected chi connectivity index (χ1v) is 6.48. The fourth-order valence-electron chi connectivity index (χ4n) is 2.34. The number of carboxylic acid groups (broad SMARTS) is 1. The summed E-state index contributed by atoms with van der Waals surface area (Å²) < 4.78 is 1.94. The molecule has 19 heavy (non-hydrogen) atoms. The molecule has 0 aliphatic carbocycles. The van der Waals surface area contributed by atoms with Gasteiger partial charge in [-0.3, -0.25) is 0 Å². The lowest BCUT2D eigenvalue weighted by Crippen LogP contribution is -1.98. The van der Waals surface area contributed by atoms with Crippen LogP contribution in [-0.4, -0.2) is 15.6 Å². The third kappa shape index (κ3) is 2.51. The lowest BCUT2D eigenvalue weighted by Gasteiger charge is -2.09. The van der Waals surface area contributed by atoms with Crippen LogP contribution >= 0.6 is 11.6 Å². The predicted octanol–water partition coefficient (Wildman–Crippen LogP) is 3.96. The van der Waals surface area contributed by atoms with E-state index in [0.29, 0.717) is 5.02 Å². The highest BCUT2D eigenvalue weighted by Crippen LogP contribution is 2.34. The number of allylic oxidation sites excluding steroid dienone is 1. The molecule has 0 aliphatic rings. The smallest absolute Gasteiger partial charge is 0.328 e. The van der Waals surface area contributed by atoms with Gasteiger partial charge in [0.25, 0.3) is 0 Å². The van der Waals surface area contributed by atoms with Crippen LogP contribution < -0.4 is 0 Å². The summed E-state index contributed by atoms with van der Waals surface area (Å²) in [4.78, 5) is 11.0. The van der Waals surface area contributed by atoms with E-state index in [1.807, 2.05) is 49.9 Å². The summed E-state index contributed by atoms with van der Waals surface area (Å²) in [5.74, 6) is -0.802. The molecule has 4 heteroatoms. The van der Waals surface area contributed by atoms with Gasteiger partial charge >= 0.3 is 5.97 Å². The minimum Gasteiger partial charge on any atom is -0.478 e. The van der Waals surface area contributed by atoms with E-state index >= 15 is 0 Å². The Kier molecular flexibility index (Phi) is 3.67. The number of carboxylic acids is 1. The van der Waals surface area contributed by atoms with Crippen LogP contribution in [0.3, 0.4) is 0 Å². The summed E-state index contributed by atoms with van der Waals surface area (Å²) in [5, 5.41) is 10.7. The zero-order valence-electron chi connectivity index (χ0n) is 11.1. The van der Waals surface area contributed by atoms with Crippen molar-refractivity contribution in [3.05, 3.63) is 41.1 Å². The van der Waals surface area contributed by atoms with Crippen LogP contribution in [0.2, 0.25) is 5.02 Å². The first-order valence-electron chi connectivity index (χ1n) is 6.10. The van der Waals surface area contributed by atoms with Crippen molar-refractivity contribution in [2.45, 2.75) is 13.8 Å². The SMILES string of the molecule is CC(C)/C(=C\C(=O)O)c1cn(C)c2c(Cl)cccc12. The molecule has 0 amide bonds. The summed E-state index contributed by atoms with van der Waals surface area (Å²) in [7, 11) is 1.91. The molecule has 1 heterocycles. The Bertz CT molecular complexity index is 668. The molecule has 0 aliphatic heterocycles. The van der Waals surface area contributed by atoms with E-state index in [1.165, 1.54) is 6.08 Å². The number of halogens is 1.